The van der Waals surface area contributed by atoms with Crippen molar-refractivity contribution in [2.75, 3.05) is 5.32 Å². The number of benzene rings is 1. The Morgan fingerprint density at radius 3 is 3.00 bits per heavy atom. The third-order valence-corrected chi connectivity index (χ3v) is 3.33. The Morgan fingerprint density at radius 2 is 2.35 bits per heavy atom. The number of alkyl halides is 1. The number of hydrogen-bond donors (Lipinski definition) is 1. The number of rotatable bonds is 3. The van der Waals surface area contributed by atoms with Crippen LogP contribution in [0.4, 0.5) is 5.69 Å². The zero-order valence-corrected chi connectivity index (χ0v) is 10.8. The first-order valence-electron chi connectivity index (χ1n) is 5.07. The Hall–Kier alpha value is -1.39. The summed E-state index contributed by atoms with van der Waals surface area (Å²) in [6.45, 7) is 1.49. The van der Waals surface area contributed by atoms with Gasteiger partial charge in [0.05, 0.1) is 11.6 Å². The molecular formula is C12H11ClN2OS. The molecule has 2 rings (SSSR count). The van der Waals surface area contributed by atoms with Gasteiger partial charge in [-0.2, -0.15) is 0 Å². The number of carbonyl (C=O) groups is 1. The van der Waals surface area contributed by atoms with Crippen molar-refractivity contribution in [2.24, 2.45) is 0 Å². The van der Waals surface area contributed by atoms with E-state index in [1.165, 1.54) is 6.92 Å². The van der Waals surface area contributed by atoms with E-state index in [4.69, 9.17) is 11.6 Å². The summed E-state index contributed by atoms with van der Waals surface area (Å²) in [5.41, 5.74) is 2.63. The molecule has 0 saturated carbocycles. The second-order valence-electron chi connectivity index (χ2n) is 3.54. The van der Waals surface area contributed by atoms with Crippen LogP contribution in [0.2, 0.25) is 0 Å². The van der Waals surface area contributed by atoms with E-state index in [0.29, 0.717) is 5.88 Å². The maximum absolute atomic E-state index is 11.0. The topological polar surface area (TPSA) is 42.0 Å². The first-order valence-corrected chi connectivity index (χ1v) is 6.49. The summed E-state index contributed by atoms with van der Waals surface area (Å²) in [6, 6.07) is 7.60. The fourth-order valence-corrected chi connectivity index (χ4v) is 2.48. The van der Waals surface area contributed by atoms with Gasteiger partial charge in [-0.3, -0.25) is 4.79 Å². The minimum Gasteiger partial charge on any atom is -0.326 e. The van der Waals surface area contributed by atoms with Gasteiger partial charge in [-0.25, -0.2) is 4.98 Å². The Balaban J connectivity index is 2.29. The number of anilines is 1. The second-order valence-corrected chi connectivity index (χ2v) is 4.66. The quantitative estimate of drug-likeness (QED) is 0.864. The van der Waals surface area contributed by atoms with Gasteiger partial charge in [0.15, 0.2) is 0 Å². The van der Waals surface area contributed by atoms with E-state index in [-0.39, 0.29) is 5.91 Å². The van der Waals surface area contributed by atoms with Crippen LogP contribution >= 0.6 is 22.9 Å². The third kappa shape index (κ3) is 3.05. The highest BCUT2D eigenvalue weighted by Crippen LogP contribution is 2.26. The van der Waals surface area contributed by atoms with Gasteiger partial charge in [0, 0.05) is 23.6 Å². The number of nitrogens with zero attached hydrogens (tertiary/aromatic N) is 1. The largest absolute Gasteiger partial charge is 0.326 e. The van der Waals surface area contributed by atoms with Gasteiger partial charge >= 0.3 is 0 Å². The molecule has 0 unspecified atom stereocenters. The van der Waals surface area contributed by atoms with E-state index < -0.39 is 0 Å². The lowest BCUT2D eigenvalue weighted by atomic mass is 10.2. The summed E-state index contributed by atoms with van der Waals surface area (Å²) in [5.74, 6) is 0.338. The molecule has 3 nitrogen and oxygen atoms in total. The zero-order valence-electron chi connectivity index (χ0n) is 9.24. The molecule has 0 radical (unpaired) electrons. The lowest BCUT2D eigenvalue weighted by molar-refractivity contribution is -0.114. The lowest BCUT2D eigenvalue weighted by Gasteiger charge is -2.03. The first kappa shape index (κ1) is 12.1. The molecule has 1 N–H and O–H groups in total. The Morgan fingerprint density at radius 1 is 1.53 bits per heavy atom. The van der Waals surface area contributed by atoms with Crippen molar-refractivity contribution in [3.8, 4) is 10.6 Å². The molecule has 0 atom stereocenters. The van der Waals surface area contributed by atoms with E-state index in [9.17, 15) is 4.79 Å². The van der Waals surface area contributed by atoms with Crippen LogP contribution in [0.25, 0.3) is 10.6 Å². The van der Waals surface area contributed by atoms with Crippen molar-refractivity contribution in [1.82, 2.24) is 4.98 Å². The lowest BCUT2D eigenvalue weighted by Crippen LogP contribution is -2.05. The van der Waals surface area contributed by atoms with Crippen LogP contribution in [0.3, 0.4) is 0 Å². The number of nitrogens with one attached hydrogen (secondary N) is 1. The van der Waals surface area contributed by atoms with Crippen molar-refractivity contribution in [3.63, 3.8) is 0 Å². The minimum atomic E-state index is -0.0808. The standard InChI is InChI=1S/C12H11ClN2OS/c1-8(16)14-10-4-2-3-9(5-10)12-15-11(6-13)7-17-12/h2-5,7H,6H2,1H3,(H,14,16). The van der Waals surface area contributed by atoms with Gasteiger partial charge in [-0.1, -0.05) is 12.1 Å². The number of hydrogen-bond acceptors (Lipinski definition) is 3. The molecule has 0 spiro atoms. The molecular weight excluding hydrogens is 256 g/mol. The number of amides is 1. The van der Waals surface area contributed by atoms with Gasteiger partial charge in [0.2, 0.25) is 5.91 Å². The number of thiazole rings is 1. The highest BCUT2D eigenvalue weighted by Gasteiger charge is 2.05. The molecule has 1 aromatic carbocycles. The van der Waals surface area contributed by atoms with Crippen molar-refractivity contribution in [1.29, 1.82) is 0 Å². The molecule has 0 bridgehead atoms. The molecule has 0 aliphatic carbocycles. The molecule has 0 aliphatic heterocycles. The second kappa shape index (κ2) is 5.29. The maximum atomic E-state index is 11.0. The Kier molecular flexibility index (Phi) is 3.76. The summed E-state index contributed by atoms with van der Waals surface area (Å²) in [6.07, 6.45) is 0. The number of halogens is 1. The third-order valence-electron chi connectivity index (χ3n) is 2.12. The number of aromatic nitrogens is 1. The van der Waals surface area contributed by atoms with Crippen molar-refractivity contribution < 1.29 is 4.79 Å². The molecule has 5 heteroatoms. The minimum absolute atomic E-state index is 0.0808. The van der Waals surface area contributed by atoms with Crippen molar-refractivity contribution >= 4 is 34.5 Å². The highest BCUT2D eigenvalue weighted by atomic mass is 35.5. The van der Waals surface area contributed by atoms with E-state index in [1.807, 2.05) is 29.6 Å². The van der Waals surface area contributed by atoms with Gasteiger partial charge in [0.25, 0.3) is 0 Å². The SMILES string of the molecule is CC(=O)Nc1cccc(-c2nc(CCl)cs2)c1. The zero-order chi connectivity index (χ0) is 12.3. The highest BCUT2D eigenvalue weighted by molar-refractivity contribution is 7.13. The van der Waals surface area contributed by atoms with Crippen LogP contribution < -0.4 is 5.32 Å². The summed E-state index contributed by atoms with van der Waals surface area (Å²) in [4.78, 5) is 15.4. The average Bonchev–Trinajstić information content (AvgIpc) is 2.77. The summed E-state index contributed by atoms with van der Waals surface area (Å²) >= 11 is 7.26. The predicted octanol–water partition coefficient (Wildman–Crippen LogP) is 3.51. The molecule has 17 heavy (non-hydrogen) atoms. The van der Waals surface area contributed by atoms with E-state index in [0.717, 1.165) is 22.0 Å². The Labute approximate surface area is 108 Å². The van der Waals surface area contributed by atoms with Gasteiger partial charge < -0.3 is 5.32 Å². The molecule has 2 aromatic rings. The summed E-state index contributed by atoms with van der Waals surface area (Å²) in [5, 5.41) is 5.60. The molecule has 1 amide bonds. The molecule has 1 heterocycles. The Bertz CT molecular complexity index is 539. The van der Waals surface area contributed by atoms with Crippen LogP contribution in [0, 0.1) is 0 Å². The smallest absolute Gasteiger partial charge is 0.221 e. The molecule has 88 valence electrons. The van der Waals surface area contributed by atoms with Crippen molar-refractivity contribution in [2.45, 2.75) is 12.8 Å². The van der Waals surface area contributed by atoms with Crippen LogP contribution in [0.1, 0.15) is 12.6 Å². The molecule has 0 saturated heterocycles. The van der Waals surface area contributed by atoms with Crippen molar-refractivity contribution in [3.05, 3.63) is 35.3 Å². The van der Waals surface area contributed by atoms with Gasteiger partial charge in [0.1, 0.15) is 5.01 Å². The molecule has 0 fully saturated rings. The predicted molar refractivity (Wildman–Crippen MR) is 71.4 cm³/mol. The van der Waals surface area contributed by atoms with Crippen LogP contribution in [-0.2, 0) is 10.7 Å². The first-order chi connectivity index (χ1) is 8.19. The molecule has 0 aliphatic rings. The van der Waals surface area contributed by atoms with Crippen LogP contribution in [0.5, 0.6) is 0 Å². The number of carbonyl (C=O) groups excluding carboxylic acids is 1. The fourth-order valence-electron chi connectivity index (χ4n) is 1.43. The summed E-state index contributed by atoms with van der Waals surface area (Å²) in [7, 11) is 0. The van der Waals surface area contributed by atoms with E-state index >= 15 is 0 Å². The van der Waals surface area contributed by atoms with Crippen LogP contribution in [-0.4, -0.2) is 10.9 Å². The normalized spacial score (nSPS) is 10.2. The van der Waals surface area contributed by atoms with Gasteiger partial charge in [-0.15, -0.1) is 22.9 Å². The molecule has 1 aromatic heterocycles. The van der Waals surface area contributed by atoms with Gasteiger partial charge in [-0.05, 0) is 12.1 Å². The fraction of sp³-hybridized carbons (Fsp3) is 0.167. The average molecular weight is 267 g/mol. The summed E-state index contributed by atoms with van der Waals surface area (Å²) < 4.78 is 0. The van der Waals surface area contributed by atoms with E-state index in [1.54, 1.807) is 11.3 Å². The maximum Gasteiger partial charge on any atom is 0.221 e. The van der Waals surface area contributed by atoms with Crippen LogP contribution in [0.15, 0.2) is 29.6 Å². The monoisotopic (exact) mass is 266 g/mol. The van der Waals surface area contributed by atoms with E-state index in [2.05, 4.69) is 10.3 Å².